The van der Waals surface area contributed by atoms with Gasteiger partial charge in [-0.15, -0.1) is 0 Å². The third-order valence-corrected chi connectivity index (χ3v) is 1.64. The normalized spacial score (nSPS) is 10.9. The first kappa shape index (κ1) is 10.9. The van der Waals surface area contributed by atoms with Crippen LogP contribution in [0.1, 0.15) is 6.92 Å². The molecule has 0 aliphatic carbocycles. The maximum Gasteiger partial charge on any atom is 0.272 e. The number of para-hydroxylation sites is 1. The second-order valence-corrected chi connectivity index (χ2v) is 2.86. The van der Waals surface area contributed by atoms with Crippen LogP contribution in [0.25, 0.3) is 0 Å². The fourth-order valence-electron chi connectivity index (χ4n) is 0.940. The minimum absolute atomic E-state index is 0.293. The van der Waals surface area contributed by atoms with Gasteiger partial charge in [-0.05, 0) is 12.1 Å². The SMILES string of the molecule is CC(=O)C(=NNc1ccccc1)C(N)=O. The van der Waals surface area contributed by atoms with E-state index in [0.717, 1.165) is 0 Å². The fraction of sp³-hybridized carbons (Fsp3) is 0.100. The molecule has 3 N–H and O–H groups in total. The number of amides is 1. The van der Waals surface area contributed by atoms with Crippen LogP contribution in [0.4, 0.5) is 5.69 Å². The van der Waals surface area contributed by atoms with Crippen molar-refractivity contribution in [3.8, 4) is 0 Å². The number of rotatable bonds is 4. The molecule has 15 heavy (non-hydrogen) atoms. The largest absolute Gasteiger partial charge is 0.364 e. The van der Waals surface area contributed by atoms with Gasteiger partial charge in [-0.1, -0.05) is 18.2 Å². The summed E-state index contributed by atoms with van der Waals surface area (Å²) in [5.74, 6) is -1.31. The van der Waals surface area contributed by atoms with Gasteiger partial charge in [0.1, 0.15) is 0 Å². The molecule has 1 aromatic carbocycles. The number of hydrogen-bond acceptors (Lipinski definition) is 4. The van der Waals surface area contributed by atoms with Crippen LogP contribution in [0, 0.1) is 0 Å². The summed E-state index contributed by atoms with van der Waals surface area (Å²) in [6.45, 7) is 1.23. The van der Waals surface area contributed by atoms with Crippen molar-refractivity contribution in [1.82, 2.24) is 0 Å². The number of hydrogen-bond donors (Lipinski definition) is 2. The average Bonchev–Trinajstić information content (AvgIpc) is 2.18. The summed E-state index contributed by atoms with van der Waals surface area (Å²) in [4.78, 5) is 21.7. The topological polar surface area (TPSA) is 84.6 Å². The standard InChI is InChI=1S/C10H11N3O2/c1-7(14)9(10(11)15)13-12-8-5-3-2-4-6-8/h2-6,12H,1H3,(H2,11,15). The van der Waals surface area contributed by atoms with E-state index in [4.69, 9.17) is 5.73 Å². The lowest BCUT2D eigenvalue weighted by Crippen LogP contribution is -2.29. The number of nitrogens with zero attached hydrogens (tertiary/aromatic N) is 1. The van der Waals surface area contributed by atoms with E-state index in [1.54, 1.807) is 24.3 Å². The Kier molecular flexibility index (Phi) is 3.56. The highest BCUT2D eigenvalue weighted by Crippen LogP contribution is 2.04. The van der Waals surface area contributed by atoms with Crippen molar-refractivity contribution in [2.24, 2.45) is 10.8 Å². The zero-order valence-corrected chi connectivity index (χ0v) is 8.23. The molecule has 0 aliphatic rings. The first-order valence-corrected chi connectivity index (χ1v) is 4.30. The first-order valence-electron chi connectivity index (χ1n) is 4.30. The average molecular weight is 205 g/mol. The number of carbonyl (C=O) groups is 2. The minimum Gasteiger partial charge on any atom is -0.364 e. The smallest absolute Gasteiger partial charge is 0.272 e. The summed E-state index contributed by atoms with van der Waals surface area (Å²) in [5, 5.41) is 3.64. The van der Waals surface area contributed by atoms with Gasteiger partial charge >= 0.3 is 0 Å². The molecule has 0 saturated heterocycles. The quantitative estimate of drug-likeness (QED) is 0.427. The molecule has 78 valence electrons. The van der Waals surface area contributed by atoms with Crippen LogP contribution in [0.2, 0.25) is 0 Å². The molecule has 0 aromatic heterocycles. The fourth-order valence-corrected chi connectivity index (χ4v) is 0.940. The Labute approximate surface area is 87.0 Å². The maximum atomic E-state index is 10.9. The predicted molar refractivity (Wildman–Crippen MR) is 57.4 cm³/mol. The highest BCUT2D eigenvalue weighted by Gasteiger charge is 2.12. The van der Waals surface area contributed by atoms with Gasteiger partial charge in [-0.3, -0.25) is 15.0 Å². The van der Waals surface area contributed by atoms with Gasteiger partial charge in [0.05, 0.1) is 5.69 Å². The molecule has 1 rings (SSSR count). The van der Waals surface area contributed by atoms with E-state index in [2.05, 4.69) is 10.5 Å². The Morgan fingerprint density at radius 2 is 1.87 bits per heavy atom. The number of nitrogens with two attached hydrogens (primary N) is 1. The number of Topliss-reactive ketones (excluding diaryl/α,β-unsaturated/α-hetero) is 1. The van der Waals surface area contributed by atoms with Crippen LogP contribution in [0.3, 0.4) is 0 Å². The monoisotopic (exact) mass is 205 g/mol. The molecule has 0 unspecified atom stereocenters. The van der Waals surface area contributed by atoms with Crippen LogP contribution < -0.4 is 11.2 Å². The van der Waals surface area contributed by atoms with Crippen LogP contribution in [0.15, 0.2) is 35.4 Å². The van der Waals surface area contributed by atoms with E-state index in [1.165, 1.54) is 6.92 Å². The molecule has 0 aliphatic heterocycles. The molecule has 0 bridgehead atoms. The molecule has 0 saturated carbocycles. The number of primary amides is 1. The minimum atomic E-state index is -0.842. The summed E-state index contributed by atoms with van der Waals surface area (Å²) in [6, 6.07) is 8.95. The number of hydrazone groups is 1. The van der Waals surface area contributed by atoms with Gasteiger partial charge in [-0.2, -0.15) is 5.10 Å². The molecule has 5 nitrogen and oxygen atoms in total. The number of nitrogens with one attached hydrogen (secondary N) is 1. The Morgan fingerprint density at radius 1 is 1.27 bits per heavy atom. The maximum absolute atomic E-state index is 10.9. The second kappa shape index (κ2) is 4.90. The lowest BCUT2D eigenvalue weighted by atomic mass is 10.2. The Hall–Kier alpha value is -2.17. The van der Waals surface area contributed by atoms with Gasteiger partial charge in [0, 0.05) is 6.92 Å². The number of ketones is 1. The summed E-state index contributed by atoms with van der Waals surface area (Å²) >= 11 is 0. The van der Waals surface area contributed by atoms with E-state index in [1.807, 2.05) is 6.07 Å². The van der Waals surface area contributed by atoms with Crippen molar-refractivity contribution in [1.29, 1.82) is 0 Å². The molecule has 0 spiro atoms. The van der Waals surface area contributed by atoms with E-state index in [0.29, 0.717) is 5.69 Å². The van der Waals surface area contributed by atoms with Crippen LogP contribution >= 0.6 is 0 Å². The molecule has 1 amide bonds. The van der Waals surface area contributed by atoms with Gasteiger partial charge in [0.2, 0.25) is 0 Å². The number of benzene rings is 1. The highest BCUT2D eigenvalue weighted by molar-refractivity contribution is 6.65. The van der Waals surface area contributed by atoms with Crippen molar-refractivity contribution in [3.63, 3.8) is 0 Å². The summed E-state index contributed by atoms with van der Waals surface area (Å²) in [5.41, 5.74) is 7.93. The van der Waals surface area contributed by atoms with Crippen molar-refractivity contribution >= 4 is 23.1 Å². The third kappa shape index (κ3) is 3.22. The molecule has 0 radical (unpaired) electrons. The van der Waals surface area contributed by atoms with Gasteiger partial charge in [0.25, 0.3) is 5.91 Å². The zero-order chi connectivity index (χ0) is 11.3. The summed E-state index contributed by atoms with van der Waals surface area (Å²) in [7, 11) is 0. The van der Waals surface area contributed by atoms with E-state index in [9.17, 15) is 9.59 Å². The third-order valence-electron chi connectivity index (χ3n) is 1.64. The molecule has 0 fully saturated rings. The Morgan fingerprint density at radius 3 is 2.33 bits per heavy atom. The van der Waals surface area contributed by atoms with Crippen molar-refractivity contribution in [2.75, 3.05) is 5.43 Å². The molecule has 0 atom stereocenters. The number of anilines is 1. The molecule has 0 heterocycles. The van der Waals surface area contributed by atoms with E-state index >= 15 is 0 Å². The van der Waals surface area contributed by atoms with E-state index in [-0.39, 0.29) is 5.71 Å². The van der Waals surface area contributed by atoms with Crippen molar-refractivity contribution in [2.45, 2.75) is 6.92 Å². The molecular formula is C10H11N3O2. The summed E-state index contributed by atoms with van der Waals surface area (Å²) in [6.07, 6.45) is 0. The van der Waals surface area contributed by atoms with Gasteiger partial charge < -0.3 is 5.73 Å². The lowest BCUT2D eigenvalue weighted by molar-refractivity contribution is -0.115. The Bertz CT molecular complexity index is 382. The second-order valence-electron chi connectivity index (χ2n) is 2.86. The lowest BCUT2D eigenvalue weighted by Gasteiger charge is -2.00. The highest BCUT2D eigenvalue weighted by atomic mass is 16.2. The van der Waals surface area contributed by atoms with Crippen molar-refractivity contribution < 1.29 is 9.59 Å². The molecule has 5 heteroatoms. The first-order chi connectivity index (χ1) is 7.11. The van der Waals surface area contributed by atoms with E-state index < -0.39 is 11.7 Å². The van der Waals surface area contributed by atoms with Crippen LogP contribution in [-0.4, -0.2) is 17.4 Å². The van der Waals surface area contributed by atoms with Crippen LogP contribution in [-0.2, 0) is 9.59 Å². The van der Waals surface area contributed by atoms with Gasteiger partial charge in [-0.25, -0.2) is 0 Å². The molecular weight excluding hydrogens is 194 g/mol. The van der Waals surface area contributed by atoms with Gasteiger partial charge in [0.15, 0.2) is 11.5 Å². The van der Waals surface area contributed by atoms with Crippen molar-refractivity contribution in [3.05, 3.63) is 30.3 Å². The van der Waals surface area contributed by atoms with Crippen LogP contribution in [0.5, 0.6) is 0 Å². The molecule has 1 aromatic rings. The Balaban J connectivity index is 2.79. The predicted octanol–water partition coefficient (Wildman–Crippen LogP) is 0.529. The zero-order valence-electron chi connectivity index (χ0n) is 8.23. The summed E-state index contributed by atoms with van der Waals surface area (Å²) < 4.78 is 0. The number of carbonyl (C=O) groups excluding carboxylic acids is 2.